The minimum atomic E-state index is -4.08. The van der Waals surface area contributed by atoms with Crippen LogP contribution in [-0.2, 0) is 32.3 Å². The van der Waals surface area contributed by atoms with Crippen LogP contribution in [0, 0.1) is 0 Å². The van der Waals surface area contributed by atoms with Crippen LogP contribution in [0.4, 0.5) is 0 Å². The molecular formula is C12H21O7P. The second-order valence-corrected chi connectivity index (χ2v) is 4.81. The molecule has 0 spiro atoms. The van der Waals surface area contributed by atoms with Crippen molar-refractivity contribution in [3.63, 3.8) is 0 Å². The smallest absolute Gasteiger partial charge is 0.352 e. The van der Waals surface area contributed by atoms with Crippen molar-refractivity contribution < 1.29 is 32.3 Å². The van der Waals surface area contributed by atoms with E-state index in [2.05, 4.69) is 19.7 Å². The quantitative estimate of drug-likeness (QED) is 0.312. The number of phosphoric ester groups is 1. The summed E-state index contributed by atoms with van der Waals surface area (Å²) in [5.74, 6) is 0. The summed E-state index contributed by atoms with van der Waals surface area (Å²) in [4.78, 5) is 0. The molecular weight excluding hydrogens is 287 g/mol. The summed E-state index contributed by atoms with van der Waals surface area (Å²) in [6, 6.07) is 0. The van der Waals surface area contributed by atoms with Crippen molar-refractivity contribution in [2.75, 3.05) is 21.3 Å². The first-order valence-corrected chi connectivity index (χ1v) is 7.05. The Morgan fingerprint density at radius 1 is 0.750 bits per heavy atom. The Bertz CT molecular complexity index is 305. The zero-order valence-corrected chi connectivity index (χ0v) is 12.8. The summed E-state index contributed by atoms with van der Waals surface area (Å²) in [7, 11) is -0.0361. The number of ether oxygens (including phenoxy) is 3. The van der Waals surface area contributed by atoms with Crippen LogP contribution in [0.25, 0.3) is 0 Å². The third kappa shape index (κ3) is 6.58. The third-order valence-electron chi connectivity index (χ3n) is 1.97. The first-order valence-electron chi connectivity index (χ1n) is 5.59. The molecule has 0 aromatic carbocycles. The molecule has 0 amide bonds. The molecule has 0 aliphatic heterocycles. The monoisotopic (exact) mass is 308 g/mol. The predicted molar refractivity (Wildman–Crippen MR) is 73.8 cm³/mol. The predicted octanol–water partition coefficient (Wildman–Crippen LogP) is 2.62. The Hall–Kier alpha value is -0.790. The van der Waals surface area contributed by atoms with Crippen molar-refractivity contribution in [2.24, 2.45) is 0 Å². The van der Waals surface area contributed by atoms with Crippen LogP contribution in [0.3, 0.4) is 0 Å². The fourth-order valence-corrected chi connectivity index (χ4v) is 2.43. The molecule has 0 aromatic heterocycles. The van der Waals surface area contributed by atoms with Gasteiger partial charge in [0.2, 0.25) is 0 Å². The van der Waals surface area contributed by atoms with Gasteiger partial charge in [-0.05, 0) is 18.2 Å². The first-order chi connectivity index (χ1) is 9.48. The van der Waals surface area contributed by atoms with Crippen molar-refractivity contribution in [1.29, 1.82) is 0 Å². The summed E-state index contributed by atoms with van der Waals surface area (Å²) in [6.07, 6.45) is 0.863. The van der Waals surface area contributed by atoms with Crippen LogP contribution in [0.5, 0.6) is 0 Å². The zero-order chi connectivity index (χ0) is 15.6. The molecule has 0 fully saturated rings. The fourth-order valence-electron chi connectivity index (χ4n) is 1.00. The lowest BCUT2D eigenvalue weighted by Gasteiger charge is -2.25. The maximum Gasteiger partial charge on any atom is 0.482 e. The molecule has 20 heavy (non-hydrogen) atoms. The van der Waals surface area contributed by atoms with E-state index in [9.17, 15) is 4.57 Å². The highest BCUT2D eigenvalue weighted by Crippen LogP contribution is 2.53. The second kappa shape index (κ2) is 10.0. The molecule has 116 valence electrons. The summed E-state index contributed by atoms with van der Waals surface area (Å²) in [6.45, 7) is 10.4. The third-order valence-corrected chi connectivity index (χ3v) is 3.37. The fraction of sp³-hybridized carbons (Fsp3) is 0.500. The van der Waals surface area contributed by atoms with Crippen molar-refractivity contribution >= 4 is 7.82 Å². The molecule has 0 aromatic rings. The SMILES string of the molecule is C=CC(OC)OP(=O)(OC(C=C)OC)OC(C=C)OC. The van der Waals surface area contributed by atoms with Crippen molar-refractivity contribution in [1.82, 2.24) is 0 Å². The largest absolute Gasteiger partial charge is 0.482 e. The topological polar surface area (TPSA) is 72.5 Å². The van der Waals surface area contributed by atoms with Crippen molar-refractivity contribution in [2.45, 2.75) is 18.9 Å². The lowest BCUT2D eigenvalue weighted by atomic mass is 10.6. The Morgan fingerprint density at radius 3 is 1.15 bits per heavy atom. The zero-order valence-electron chi connectivity index (χ0n) is 11.9. The molecule has 0 saturated carbocycles. The van der Waals surface area contributed by atoms with E-state index in [4.69, 9.17) is 27.8 Å². The molecule has 0 aliphatic rings. The number of methoxy groups -OCH3 is 3. The van der Waals surface area contributed by atoms with E-state index >= 15 is 0 Å². The minimum Gasteiger partial charge on any atom is -0.352 e. The van der Waals surface area contributed by atoms with E-state index < -0.39 is 26.7 Å². The Labute approximate surface area is 119 Å². The molecule has 0 aliphatic carbocycles. The van der Waals surface area contributed by atoms with Gasteiger partial charge in [0, 0.05) is 21.3 Å². The Kier molecular flexibility index (Phi) is 9.62. The van der Waals surface area contributed by atoms with Crippen molar-refractivity contribution in [3.8, 4) is 0 Å². The van der Waals surface area contributed by atoms with Gasteiger partial charge in [-0.1, -0.05) is 19.7 Å². The molecule has 0 N–H and O–H groups in total. The van der Waals surface area contributed by atoms with Gasteiger partial charge in [-0.25, -0.2) is 4.57 Å². The number of hydrogen-bond donors (Lipinski definition) is 0. The van der Waals surface area contributed by atoms with E-state index in [-0.39, 0.29) is 0 Å². The average molecular weight is 308 g/mol. The highest BCUT2D eigenvalue weighted by molar-refractivity contribution is 7.48. The van der Waals surface area contributed by atoms with Crippen LogP contribution in [0.15, 0.2) is 38.0 Å². The van der Waals surface area contributed by atoms with E-state index in [0.717, 1.165) is 0 Å². The molecule has 0 heterocycles. The van der Waals surface area contributed by atoms with E-state index in [1.54, 1.807) is 0 Å². The Balaban J connectivity index is 5.08. The molecule has 0 saturated heterocycles. The molecule has 0 rings (SSSR count). The van der Waals surface area contributed by atoms with Gasteiger partial charge in [0.25, 0.3) is 0 Å². The van der Waals surface area contributed by atoms with Gasteiger partial charge in [0.05, 0.1) is 0 Å². The summed E-state index contributed by atoms with van der Waals surface area (Å²) in [5.41, 5.74) is 0. The van der Waals surface area contributed by atoms with Gasteiger partial charge < -0.3 is 14.2 Å². The maximum atomic E-state index is 12.5. The van der Waals surface area contributed by atoms with Crippen molar-refractivity contribution in [3.05, 3.63) is 38.0 Å². The van der Waals surface area contributed by atoms with Gasteiger partial charge in [-0.15, -0.1) is 0 Å². The van der Waals surface area contributed by atoms with Gasteiger partial charge in [0.1, 0.15) is 0 Å². The lowest BCUT2D eigenvalue weighted by Crippen LogP contribution is -2.21. The summed E-state index contributed by atoms with van der Waals surface area (Å²) in [5, 5.41) is 0. The molecule has 8 heteroatoms. The van der Waals surface area contributed by atoms with Gasteiger partial charge in [-0.2, -0.15) is 0 Å². The second-order valence-electron chi connectivity index (χ2n) is 3.28. The number of rotatable bonds is 12. The number of phosphoric acid groups is 1. The minimum absolute atomic E-state index is 0.995. The van der Waals surface area contributed by atoms with E-state index in [1.807, 2.05) is 0 Å². The van der Waals surface area contributed by atoms with Crippen LogP contribution in [0.2, 0.25) is 0 Å². The molecule has 0 radical (unpaired) electrons. The molecule has 3 atom stereocenters. The van der Waals surface area contributed by atoms with Crippen LogP contribution < -0.4 is 0 Å². The lowest BCUT2D eigenvalue weighted by molar-refractivity contribution is -0.109. The van der Waals surface area contributed by atoms with Crippen LogP contribution in [0.1, 0.15) is 0 Å². The van der Waals surface area contributed by atoms with Gasteiger partial charge in [0.15, 0.2) is 18.9 Å². The average Bonchev–Trinajstić information content (AvgIpc) is 2.48. The van der Waals surface area contributed by atoms with E-state index in [1.165, 1.54) is 39.6 Å². The first kappa shape index (κ1) is 19.2. The van der Waals surface area contributed by atoms with E-state index in [0.29, 0.717) is 0 Å². The van der Waals surface area contributed by atoms with Gasteiger partial charge in [-0.3, -0.25) is 13.6 Å². The Morgan fingerprint density at radius 2 is 1.00 bits per heavy atom. The number of hydrogen-bond acceptors (Lipinski definition) is 7. The molecule has 3 unspecified atom stereocenters. The standard InChI is InChI=1S/C12H21O7P/c1-7-10(14-4)17-20(13,18-11(8-2)15-5)19-12(9-3)16-6/h7-12H,1-3H2,4-6H3. The van der Waals surface area contributed by atoms with Crippen LogP contribution >= 0.6 is 7.82 Å². The normalized spacial score (nSPS) is 18.6. The summed E-state index contributed by atoms with van der Waals surface area (Å²) < 4.78 is 42.6. The maximum absolute atomic E-state index is 12.5. The van der Waals surface area contributed by atoms with Gasteiger partial charge >= 0.3 is 7.82 Å². The summed E-state index contributed by atoms with van der Waals surface area (Å²) >= 11 is 0. The highest BCUT2D eigenvalue weighted by Gasteiger charge is 2.35. The molecule has 7 nitrogen and oxygen atoms in total. The molecule has 0 bridgehead atoms. The van der Waals surface area contributed by atoms with Crippen LogP contribution in [-0.4, -0.2) is 40.2 Å². The highest BCUT2D eigenvalue weighted by atomic mass is 31.2.